The van der Waals surface area contributed by atoms with Gasteiger partial charge in [0.15, 0.2) is 5.96 Å². The van der Waals surface area contributed by atoms with Gasteiger partial charge in [0.05, 0.1) is 19.1 Å². The Morgan fingerprint density at radius 2 is 1.96 bits per heavy atom. The fourth-order valence-corrected chi connectivity index (χ4v) is 3.38. The lowest BCUT2D eigenvalue weighted by molar-refractivity contribution is 0.0136. The van der Waals surface area contributed by atoms with Crippen LogP contribution in [0.3, 0.4) is 0 Å². The van der Waals surface area contributed by atoms with Crippen molar-refractivity contribution >= 4 is 12.1 Å². The lowest BCUT2D eigenvalue weighted by Gasteiger charge is -2.39. The molecule has 2 atom stereocenters. The molecule has 2 unspecified atom stereocenters. The van der Waals surface area contributed by atoms with E-state index in [0.29, 0.717) is 31.7 Å². The first-order valence-corrected chi connectivity index (χ1v) is 9.56. The van der Waals surface area contributed by atoms with Crippen LogP contribution in [-0.2, 0) is 10.3 Å². The molecule has 1 aromatic rings. The number of carbonyl (C=O) groups is 1. The number of carbonyl (C=O) groups excluding carboxylic acids is 1. The molecule has 3 rings (SSSR count). The van der Waals surface area contributed by atoms with Gasteiger partial charge in [0.2, 0.25) is 0 Å². The summed E-state index contributed by atoms with van der Waals surface area (Å²) in [6.45, 7) is 9.84. The topological polar surface area (TPSA) is 77.4 Å². The van der Waals surface area contributed by atoms with E-state index in [9.17, 15) is 14.3 Å². The maximum absolute atomic E-state index is 13.1. The molecule has 2 heterocycles. The van der Waals surface area contributed by atoms with Crippen molar-refractivity contribution in [2.75, 3.05) is 32.7 Å². The molecule has 0 aliphatic carbocycles. The Labute approximate surface area is 165 Å². The maximum Gasteiger partial charge on any atom is 0.410 e. The molecular weight excluding hydrogens is 363 g/mol. The number of fused-ring (bicyclic) bond motifs is 1. The Morgan fingerprint density at radius 1 is 1.29 bits per heavy atom. The Morgan fingerprint density at radius 3 is 2.61 bits per heavy atom. The quantitative estimate of drug-likeness (QED) is 0.822. The molecule has 0 bridgehead atoms. The van der Waals surface area contributed by atoms with Gasteiger partial charge in [0.1, 0.15) is 17.0 Å². The fourth-order valence-electron chi connectivity index (χ4n) is 3.38. The van der Waals surface area contributed by atoms with Crippen LogP contribution in [0.5, 0.6) is 0 Å². The molecule has 8 heteroatoms. The number of nitrogens with zero attached hydrogens (tertiary/aromatic N) is 3. The largest absolute Gasteiger partial charge is 0.444 e. The normalized spacial score (nSPS) is 21.6. The molecule has 1 amide bonds. The summed E-state index contributed by atoms with van der Waals surface area (Å²) in [5.41, 5.74) is -1.04. The van der Waals surface area contributed by atoms with E-state index in [-0.39, 0.29) is 24.5 Å². The SMILES string of the molecule is CC(C)(C)OC(=O)N1CCN2C(NCC(C)(O)c3ccc(F)cc3)=NCC2C1. The smallest absolute Gasteiger partial charge is 0.410 e. The van der Waals surface area contributed by atoms with E-state index in [1.807, 2.05) is 20.8 Å². The summed E-state index contributed by atoms with van der Waals surface area (Å²) in [6.07, 6.45) is -0.298. The van der Waals surface area contributed by atoms with Gasteiger partial charge in [-0.05, 0) is 45.4 Å². The van der Waals surface area contributed by atoms with Crippen LogP contribution >= 0.6 is 0 Å². The van der Waals surface area contributed by atoms with Crippen LogP contribution in [0.2, 0.25) is 0 Å². The van der Waals surface area contributed by atoms with Crippen LogP contribution in [0.15, 0.2) is 29.3 Å². The molecular formula is C20H29FN4O3. The van der Waals surface area contributed by atoms with Gasteiger partial charge in [-0.3, -0.25) is 4.99 Å². The minimum absolute atomic E-state index is 0.0968. The Balaban J connectivity index is 1.55. The summed E-state index contributed by atoms with van der Waals surface area (Å²) >= 11 is 0. The van der Waals surface area contributed by atoms with Gasteiger partial charge in [-0.2, -0.15) is 0 Å². The Hall–Kier alpha value is -2.35. The summed E-state index contributed by atoms with van der Waals surface area (Å²) < 4.78 is 18.6. The maximum atomic E-state index is 13.1. The number of rotatable bonds is 3. The summed E-state index contributed by atoms with van der Waals surface area (Å²) in [5, 5.41) is 13.9. The molecule has 1 fully saturated rings. The first-order chi connectivity index (χ1) is 13.0. The second kappa shape index (κ2) is 7.58. The number of halogens is 1. The van der Waals surface area contributed by atoms with Crippen LogP contribution in [0, 0.1) is 5.82 Å². The number of hydrogen-bond acceptors (Lipinski definition) is 6. The minimum Gasteiger partial charge on any atom is -0.444 e. The van der Waals surface area contributed by atoms with E-state index in [1.54, 1.807) is 24.0 Å². The van der Waals surface area contributed by atoms with E-state index in [2.05, 4.69) is 15.2 Å². The average molecular weight is 392 g/mol. The summed E-state index contributed by atoms with van der Waals surface area (Å²) in [7, 11) is 0. The summed E-state index contributed by atoms with van der Waals surface area (Å²) in [4.78, 5) is 20.7. The molecule has 0 saturated carbocycles. The highest BCUT2D eigenvalue weighted by molar-refractivity contribution is 5.82. The number of benzene rings is 1. The lowest BCUT2D eigenvalue weighted by Crippen LogP contribution is -2.58. The van der Waals surface area contributed by atoms with Gasteiger partial charge in [-0.25, -0.2) is 9.18 Å². The highest BCUT2D eigenvalue weighted by atomic mass is 19.1. The van der Waals surface area contributed by atoms with Crippen molar-refractivity contribution in [1.82, 2.24) is 15.1 Å². The van der Waals surface area contributed by atoms with Crippen molar-refractivity contribution in [3.05, 3.63) is 35.6 Å². The van der Waals surface area contributed by atoms with E-state index >= 15 is 0 Å². The number of aliphatic imine (C=N–C) groups is 1. The zero-order chi connectivity index (χ0) is 20.5. The second-order valence-corrected chi connectivity index (χ2v) is 8.57. The molecule has 0 radical (unpaired) electrons. The fraction of sp³-hybridized carbons (Fsp3) is 0.600. The van der Waals surface area contributed by atoms with Crippen LogP contribution in [0.25, 0.3) is 0 Å². The molecule has 2 N–H and O–H groups in total. The number of nitrogens with one attached hydrogen (secondary N) is 1. The third-order valence-corrected chi connectivity index (χ3v) is 4.92. The van der Waals surface area contributed by atoms with Gasteiger partial charge in [-0.1, -0.05) is 12.1 Å². The van der Waals surface area contributed by atoms with Gasteiger partial charge in [0, 0.05) is 19.6 Å². The highest BCUT2D eigenvalue weighted by Crippen LogP contribution is 2.22. The van der Waals surface area contributed by atoms with E-state index in [0.717, 1.165) is 5.96 Å². The van der Waals surface area contributed by atoms with E-state index in [4.69, 9.17) is 4.74 Å². The Kier molecular flexibility index (Phi) is 5.52. The first-order valence-electron chi connectivity index (χ1n) is 9.56. The molecule has 7 nitrogen and oxygen atoms in total. The zero-order valence-corrected chi connectivity index (χ0v) is 16.9. The molecule has 2 aliphatic heterocycles. The van der Waals surface area contributed by atoms with Gasteiger partial charge < -0.3 is 25.0 Å². The minimum atomic E-state index is -1.16. The molecule has 0 spiro atoms. The van der Waals surface area contributed by atoms with Crippen LogP contribution in [-0.4, -0.2) is 71.3 Å². The summed E-state index contributed by atoms with van der Waals surface area (Å²) in [6, 6.07) is 5.93. The van der Waals surface area contributed by atoms with Crippen LogP contribution < -0.4 is 5.32 Å². The molecule has 1 saturated heterocycles. The predicted molar refractivity (Wildman–Crippen MR) is 105 cm³/mol. The third kappa shape index (κ3) is 4.73. The molecule has 1 aromatic carbocycles. The van der Waals surface area contributed by atoms with Gasteiger partial charge in [0.25, 0.3) is 0 Å². The number of hydrogen-bond donors (Lipinski definition) is 2. The number of ether oxygens (including phenoxy) is 1. The van der Waals surface area contributed by atoms with E-state index in [1.165, 1.54) is 12.1 Å². The number of aliphatic hydroxyl groups is 1. The summed E-state index contributed by atoms with van der Waals surface area (Å²) in [5.74, 6) is 0.384. The lowest BCUT2D eigenvalue weighted by atomic mass is 9.96. The van der Waals surface area contributed by atoms with Crippen molar-refractivity contribution < 1.29 is 19.0 Å². The number of guanidine groups is 1. The highest BCUT2D eigenvalue weighted by Gasteiger charge is 2.37. The van der Waals surface area contributed by atoms with Crippen molar-refractivity contribution in [2.45, 2.75) is 44.9 Å². The monoisotopic (exact) mass is 392 g/mol. The van der Waals surface area contributed by atoms with Crippen LogP contribution in [0.1, 0.15) is 33.3 Å². The van der Waals surface area contributed by atoms with Crippen molar-refractivity contribution in [1.29, 1.82) is 0 Å². The van der Waals surface area contributed by atoms with Crippen molar-refractivity contribution in [3.8, 4) is 0 Å². The van der Waals surface area contributed by atoms with Gasteiger partial charge in [-0.15, -0.1) is 0 Å². The van der Waals surface area contributed by atoms with E-state index < -0.39 is 11.2 Å². The average Bonchev–Trinajstić information content (AvgIpc) is 3.01. The third-order valence-electron chi connectivity index (χ3n) is 4.92. The second-order valence-electron chi connectivity index (χ2n) is 8.57. The zero-order valence-electron chi connectivity index (χ0n) is 16.9. The Bertz CT molecular complexity index is 743. The number of amides is 1. The first kappa shape index (κ1) is 20.4. The molecule has 28 heavy (non-hydrogen) atoms. The van der Waals surface area contributed by atoms with Crippen molar-refractivity contribution in [3.63, 3.8) is 0 Å². The molecule has 2 aliphatic rings. The van der Waals surface area contributed by atoms with Gasteiger partial charge >= 0.3 is 6.09 Å². The predicted octanol–water partition coefficient (Wildman–Crippen LogP) is 1.91. The van der Waals surface area contributed by atoms with Crippen LogP contribution in [0.4, 0.5) is 9.18 Å². The number of piperazine rings is 1. The van der Waals surface area contributed by atoms with Crippen molar-refractivity contribution in [2.24, 2.45) is 4.99 Å². The molecule has 0 aromatic heterocycles. The standard InChI is InChI=1S/C20H29FN4O3/c1-19(2,3)28-18(26)24-9-10-25-16(12-24)11-22-17(25)23-13-20(4,27)14-5-7-15(21)8-6-14/h5-8,16,27H,9-13H2,1-4H3,(H,22,23). The molecule has 154 valence electrons.